The summed E-state index contributed by atoms with van der Waals surface area (Å²) in [5.74, 6) is -0.782. The summed E-state index contributed by atoms with van der Waals surface area (Å²) in [6.45, 7) is 1.61. The van der Waals surface area contributed by atoms with E-state index in [1.54, 1.807) is 12.1 Å². The fourth-order valence-corrected chi connectivity index (χ4v) is 5.41. The molecule has 0 N–H and O–H groups in total. The summed E-state index contributed by atoms with van der Waals surface area (Å²) >= 11 is 0. The molecule has 184 valence electrons. The molecule has 0 unspecified atom stereocenters. The maximum Gasteiger partial charge on any atom is 0.426 e. The molecule has 1 heterocycles. The van der Waals surface area contributed by atoms with Gasteiger partial charge in [0.25, 0.3) is 0 Å². The van der Waals surface area contributed by atoms with Gasteiger partial charge in [0, 0.05) is 17.9 Å². The first-order valence-corrected chi connectivity index (χ1v) is 12.2. The van der Waals surface area contributed by atoms with E-state index in [0.29, 0.717) is 23.8 Å². The summed E-state index contributed by atoms with van der Waals surface area (Å²) in [5.41, 5.74) is 0.682. The molecule has 34 heavy (non-hydrogen) atoms. The van der Waals surface area contributed by atoms with E-state index in [4.69, 9.17) is 9.47 Å². The predicted octanol–water partition coefficient (Wildman–Crippen LogP) is 7.16. The van der Waals surface area contributed by atoms with E-state index in [-0.39, 0.29) is 11.9 Å². The second kappa shape index (κ2) is 9.86. The second-order valence-electron chi connectivity index (χ2n) is 9.91. The fourth-order valence-electron chi connectivity index (χ4n) is 5.41. The smallest absolute Gasteiger partial charge is 0.426 e. The molecule has 5 rings (SSSR count). The zero-order chi connectivity index (χ0) is 23.7. The molecule has 2 aliphatic carbocycles. The Labute approximate surface area is 197 Å². The van der Waals surface area contributed by atoms with Crippen molar-refractivity contribution >= 4 is 0 Å². The van der Waals surface area contributed by atoms with Gasteiger partial charge in [0.05, 0.1) is 18.8 Å². The van der Waals surface area contributed by atoms with Crippen molar-refractivity contribution in [3.8, 4) is 5.75 Å². The molecule has 0 amide bonds. The van der Waals surface area contributed by atoms with E-state index < -0.39 is 23.5 Å². The maximum atomic E-state index is 14.5. The minimum atomic E-state index is -3.66. The van der Waals surface area contributed by atoms with Gasteiger partial charge < -0.3 is 14.2 Å². The van der Waals surface area contributed by atoms with Crippen LogP contribution in [0.25, 0.3) is 0 Å². The highest BCUT2D eigenvalue weighted by Gasteiger charge is 2.37. The van der Waals surface area contributed by atoms with E-state index in [0.717, 1.165) is 62.5 Å². The molecule has 0 bridgehead atoms. The number of alkyl halides is 2. The van der Waals surface area contributed by atoms with Gasteiger partial charge in [-0.2, -0.15) is 8.78 Å². The summed E-state index contributed by atoms with van der Waals surface area (Å²) in [6.07, 6.45) is 4.04. The molecule has 2 saturated carbocycles. The van der Waals surface area contributed by atoms with Crippen molar-refractivity contribution < 1.29 is 31.8 Å². The Morgan fingerprint density at radius 2 is 1.41 bits per heavy atom. The minimum absolute atomic E-state index is 0.119. The molecule has 0 atom stereocenters. The topological polar surface area (TPSA) is 27.7 Å². The van der Waals surface area contributed by atoms with Crippen LogP contribution in [0.5, 0.6) is 5.75 Å². The molecule has 1 saturated heterocycles. The summed E-state index contributed by atoms with van der Waals surface area (Å²) in [7, 11) is 0. The van der Waals surface area contributed by atoms with Crippen LogP contribution in [0.15, 0.2) is 42.5 Å². The molecule has 3 aliphatic rings. The molecule has 2 aromatic rings. The molecular formula is C27H30F4O3. The van der Waals surface area contributed by atoms with E-state index in [9.17, 15) is 17.6 Å². The van der Waals surface area contributed by atoms with Gasteiger partial charge in [0.15, 0.2) is 17.9 Å². The van der Waals surface area contributed by atoms with Crippen LogP contribution in [0.2, 0.25) is 0 Å². The van der Waals surface area contributed by atoms with E-state index in [2.05, 4.69) is 4.74 Å². The summed E-state index contributed by atoms with van der Waals surface area (Å²) in [4.78, 5) is 0. The molecule has 0 aromatic heterocycles. The Bertz CT molecular complexity index is 960. The summed E-state index contributed by atoms with van der Waals surface area (Å²) in [6, 6.07) is 8.45. The van der Waals surface area contributed by atoms with Crippen LogP contribution < -0.4 is 4.74 Å². The average Bonchev–Trinajstić information content (AvgIpc) is 2.81. The number of hydrogen-bond acceptors (Lipinski definition) is 3. The molecule has 3 fully saturated rings. The third-order valence-corrected chi connectivity index (χ3v) is 7.78. The monoisotopic (exact) mass is 478 g/mol. The first kappa shape index (κ1) is 23.6. The lowest BCUT2D eigenvalue weighted by molar-refractivity contribution is -0.238. The van der Waals surface area contributed by atoms with Gasteiger partial charge >= 0.3 is 6.11 Å². The Morgan fingerprint density at radius 1 is 0.735 bits per heavy atom. The largest absolute Gasteiger partial charge is 0.429 e. The van der Waals surface area contributed by atoms with Gasteiger partial charge in [-0.05, 0) is 67.3 Å². The van der Waals surface area contributed by atoms with Crippen LogP contribution in [-0.2, 0) is 15.6 Å². The number of rotatable bonds is 6. The SMILES string of the molecule is Fc1ccc(OC(F)(F)c2ccc(C3CCC(C4OCC(C5CCC5)CO4)CC3)cc2)cc1F. The Kier molecular flexibility index (Phi) is 6.85. The molecule has 7 heteroatoms. The van der Waals surface area contributed by atoms with Crippen molar-refractivity contribution in [2.45, 2.75) is 63.3 Å². The van der Waals surface area contributed by atoms with Crippen LogP contribution >= 0.6 is 0 Å². The van der Waals surface area contributed by atoms with E-state index in [1.807, 2.05) is 0 Å². The van der Waals surface area contributed by atoms with Gasteiger partial charge in [0.1, 0.15) is 5.75 Å². The van der Waals surface area contributed by atoms with Crippen molar-refractivity contribution in [1.29, 1.82) is 0 Å². The van der Waals surface area contributed by atoms with Gasteiger partial charge in [-0.15, -0.1) is 0 Å². The number of halogens is 4. The van der Waals surface area contributed by atoms with Crippen molar-refractivity contribution in [1.82, 2.24) is 0 Å². The van der Waals surface area contributed by atoms with E-state index in [1.165, 1.54) is 31.4 Å². The lowest BCUT2D eigenvalue weighted by Gasteiger charge is -2.41. The normalized spacial score (nSPS) is 28.4. The quantitative estimate of drug-likeness (QED) is 0.413. The highest BCUT2D eigenvalue weighted by molar-refractivity contribution is 5.30. The highest BCUT2D eigenvalue weighted by atomic mass is 19.3. The van der Waals surface area contributed by atoms with Crippen molar-refractivity contribution in [3.63, 3.8) is 0 Å². The van der Waals surface area contributed by atoms with Crippen LogP contribution in [0.1, 0.15) is 62.0 Å². The first-order chi connectivity index (χ1) is 16.4. The zero-order valence-corrected chi connectivity index (χ0v) is 19.0. The average molecular weight is 479 g/mol. The van der Waals surface area contributed by atoms with Crippen molar-refractivity contribution in [2.75, 3.05) is 13.2 Å². The molecule has 2 aromatic carbocycles. The Hall–Kier alpha value is -2.12. The minimum Gasteiger partial charge on any atom is -0.429 e. The number of ether oxygens (including phenoxy) is 3. The third-order valence-electron chi connectivity index (χ3n) is 7.78. The van der Waals surface area contributed by atoms with Gasteiger partial charge in [-0.25, -0.2) is 8.78 Å². The van der Waals surface area contributed by atoms with Gasteiger partial charge in [0.2, 0.25) is 0 Å². The standard InChI is InChI=1S/C27H30F4O3/c28-24-13-12-23(14-25(24)29)34-27(30,31)22-10-8-19(9-11-22)18-4-6-20(7-5-18)26-32-15-21(16-33-26)17-2-1-3-17/h8-14,17-18,20-21,26H,1-7,15-16H2. The third kappa shape index (κ3) is 5.10. The highest BCUT2D eigenvalue weighted by Crippen LogP contribution is 2.41. The summed E-state index contributed by atoms with van der Waals surface area (Å²) < 4.78 is 72.2. The van der Waals surface area contributed by atoms with E-state index >= 15 is 0 Å². The Morgan fingerprint density at radius 3 is 2.00 bits per heavy atom. The van der Waals surface area contributed by atoms with Crippen molar-refractivity contribution in [3.05, 3.63) is 65.2 Å². The second-order valence-corrected chi connectivity index (χ2v) is 9.91. The van der Waals surface area contributed by atoms with Gasteiger partial charge in [-0.1, -0.05) is 31.4 Å². The zero-order valence-electron chi connectivity index (χ0n) is 19.0. The number of hydrogen-bond donors (Lipinski definition) is 0. The number of benzene rings is 2. The molecule has 0 spiro atoms. The molecule has 3 nitrogen and oxygen atoms in total. The predicted molar refractivity (Wildman–Crippen MR) is 119 cm³/mol. The van der Waals surface area contributed by atoms with Crippen LogP contribution in [0.4, 0.5) is 17.6 Å². The molecule has 0 radical (unpaired) electrons. The molecule has 1 aliphatic heterocycles. The van der Waals surface area contributed by atoms with Crippen LogP contribution in [0, 0.1) is 29.4 Å². The maximum absolute atomic E-state index is 14.5. The lowest BCUT2D eigenvalue weighted by Crippen LogP contribution is -2.42. The summed E-state index contributed by atoms with van der Waals surface area (Å²) in [5, 5.41) is 0. The lowest BCUT2D eigenvalue weighted by atomic mass is 9.75. The fraction of sp³-hybridized carbons (Fsp3) is 0.556. The first-order valence-electron chi connectivity index (χ1n) is 12.2. The Balaban J connectivity index is 1.13. The van der Waals surface area contributed by atoms with Crippen LogP contribution in [-0.4, -0.2) is 19.5 Å². The molecular weight excluding hydrogens is 448 g/mol. The van der Waals surface area contributed by atoms with Crippen LogP contribution in [0.3, 0.4) is 0 Å². The van der Waals surface area contributed by atoms with Crippen molar-refractivity contribution in [2.24, 2.45) is 17.8 Å². The van der Waals surface area contributed by atoms with Gasteiger partial charge in [-0.3, -0.25) is 0 Å².